The maximum atomic E-state index is 12.7. The lowest BCUT2D eigenvalue weighted by atomic mass is 10.0. The van der Waals surface area contributed by atoms with Crippen LogP contribution in [-0.4, -0.2) is 17.4 Å². The molecule has 3 aromatic rings. The molecule has 24 heavy (non-hydrogen) atoms. The van der Waals surface area contributed by atoms with Gasteiger partial charge in [-0.3, -0.25) is 4.79 Å². The van der Waals surface area contributed by atoms with Crippen LogP contribution in [0, 0.1) is 12.8 Å². The number of pyridine rings is 1. The van der Waals surface area contributed by atoms with Gasteiger partial charge in [0.25, 0.3) is 5.91 Å². The van der Waals surface area contributed by atoms with Gasteiger partial charge in [0.15, 0.2) is 0 Å². The van der Waals surface area contributed by atoms with E-state index in [-0.39, 0.29) is 5.91 Å². The van der Waals surface area contributed by atoms with Crippen molar-refractivity contribution in [3.63, 3.8) is 0 Å². The maximum Gasteiger partial charge on any atom is 0.252 e. The lowest BCUT2D eigenvalue weighted by molar-refractivity contribution is 0.0953. The molecule has 0 saturated carbocycles. The topological polar surface area (TPSA) is 42.0 Å². The lowest BCUT2D eigenvalue weighted by Gasteiger charge is -2.11. The first kappa shape index (κ1) is 16.7. The third kappa shape index (κ3) is 3.65. The number of hydrogen-bond acceptors (Lipinski definition) is 3. The number of carbonyl (C=O) groups is 1. The van der Waals surface area contributed by atoms with E-state index in [0.717, 1.165) is 33.5 Å². The molecule has 4 heteroatoms. The maximum absolute atomic E-state index is 12.7. The molecule has 0 radical (unpaired) electrons. The van der Waals surface area contributed by atoms with Crippen molar-refractivity contribution in [2.75, 3.05) is 6.54 Å². The van der Waals surface area contributed by atoms with Crippen molar-refractivity contribution in [2.24, 2.45) is 5.92 Å². The second-order valence-corrected chi connectivity index (χ2v) is 7.44. The largest absolute Gasteiger partial charge is 0.352 e. The first-order valence-corrected chi connectivity index (χ1v) is 9.16. The number of nitrogens with zero attached hydrogens (tertiary/aromatic N) is 1. The third-order valence-electron chi connectivity index (χ3n) is 3.99. The number of thiophene rings is 1. The highest BCUT2D eigenvalue weighted by molar-refractivity contribution is 7.13. The van der Waals surface area contributed by atoms with Gasteiger partial charge in [-0.2, -0.15) is 0 Å². The summed E-state index contributed by atoms with van der Waals surface area (Å²) >= 11 is 1.64. The second kappa shape index (κ2) is 7.14. The summed E-state index contributed by atoms with van der Waals surface area (Å²) in [5.41, 5.74) is 3.55. The van der Waals surface area contributed by atoms with Gasteiger partial charge in [0.05, 0.1) is 21.7 Å². The standard InChI is InChI=1S/C20H22N2OS/c1-13(2)8-9-21-20(23)16-12-18(19-5-4-10-24-19)22-17-7-6-14(3)11-15(16)17/h4-7,10-13H,8-9H2,1-3H3,(H,21,23). The predicted octanol–water partition coefficient (Wildman–Crippen LogP) is 5.05. The van der Waals surface area contributed by atoms with Crippen molar-refractivity contribution in [1.29, 1.82) is 0 Å². The number of aryl methyl sites for hydroxylation is 1. The van der Waals surface area contributed by atoms with E-state index in [1.807, 2.05) is 48.7 Å². The van der Waals surface area contributed by atoms with Crippen LogP contribution in [0.5, 0.6) is 0 Å². The minimum Gasteiger partial charge on any atom is -0.352 e. The number of amides is 1. The third-order valence-corrected chi connectivity index (χ3v) is 4.88. The zero-order valence-corrected chi connectivity index (χ0v) is 15.1. The van der Waals surface area contributed by atoms with Gasteiger partial charge >= 0.3 is 0 Å². The predicted molar refractivity (Wildman–Crippen MR) is 102 cm³/mol. The molecule has 1 aromatic carbocycles. The van der Waals surface area contributed by atoms with Gasteiger partial charge in [-0.15, -0.1) is 11.3 Å². The summed E-state index contributed by atoms with van der Waals surface area (Å²) in [7, 11) is 0. The molecule has 0 aliphatic carbocycles. The Bertz CT molecular complexity index is 853. The summed E-state index contributed by atoms with van der Waals surface area (Å²) in [6.07, 6.45) is 0.978. The molecule has 2 aromatic heterocycles. The first-order valence-electron chi connectivity index (χ1n) is 8.28. The molecule has 2 heterocycles. The highest BCUT2D eigenvalue weighted by Crippen LogP contribution is 2.28. The number of carbonyl (C=O) groups excluding carboxylic acids is 1. The van der Waals surface area contributed by atoms with Crippen molar-refractivity contribution >= 4 is 28.1 Å². The average molecular weight is 338 g/mol. The normalized spacial score (nSPS) is 11.2. The van der Waals surface area contributed by atoms with Gasteiger partial charge in [0, 0.05) is 11.9 Å². The fourth-order valence-electron chi connectivity index (χ4n) is 2.65. The van der Waals surface area contributed by atoms with Crippen LogP contribution in [0.2, 0.25) is 0 Å². The molecule has 0 atom stereocenters. The number of benzene rings is 1. The van der Waals surface area contributed by atoms with Crippen molar-refractivity contribution in [1.82, 2.24) is 10.3 Å². The van der Waals surface area contributed by atoms with Gasteiger partial charge in [0.1, 0.15) is 0 Å². The number of aromatic nitrogens is 1. The Morgan fingerprint density at radius 1 is 1.25 bits per heavy atom. The molecule has 124 valence electrons. The Kier molecular flexibility index (Phi) is 4.95. The van der Waals surface area contributed by atoms with Crippen LogP contribution in [0.4, 0.5) is 0 Å². The Morgan fingerprint density at radius 2 is 2.08 bits per heavy atom. The van der Waals surface area contributed by atoms with Crippen molar-refractivity contribution in [2.45, 2.75) is 27.2 Å². The molecule has 0 saturated heterocycles. The summed E-state index contributed by atoms with van der Waals surface area (Å²) in [6, 6.07) is 12.0. The van der Waals surface area contributed by atoms with Crippen molar-refractivity contribution in [3.05, 3.63) is 52.9 Å². The Labute approximate surface area is 146 Å². The smallest absolute Gasteiger partial charge is 0.252 e. The summed E-state index contributed by atoms with van der Waals surface area (Å²) in [5, 5.41) is 5.99. The summed E-state index contributed by atoms with van der Waals surface area (Å²) in [6.45, 7) is 7.05. The molecule has 1 amide bonds. The molecule has 3 rings (SSSR count). The minimum absolute atomic E-state index is 0.0218. The molecular weight excluding hydrogens is 316 g/mol. The zero-order chi connectivity index (χ0) is 17.1. The Hall–Kier alpha value is -2.20. The monoisotopic (exact) mass is 338 g/mol. The molecular formula is C20H22N2OS. The van der Waals surface area contributed by atoms with Crippen LogP contribution in [0.1, 0.15) is 36.2 Å². The molecule has 0 bridgehead atoms. The highest BCUT2D eigenvalue weighted by Gasteiger charge is 2.14. The van der Waals surface area contributed by atoms with E-state index in [4.69, 9.17) is 4.98 Å². The van der Waals surface area contributed by atoms with Crippen LogP contribution in [0.15, 0.2) is 41.8 Å². The second-order valence-electron chi connectivity index (χ2n) is 6.49. The van der Waals surface area contributed by atoms with Gasteiger partial charge in [0.2, 0.25) is 0 Å². The van der Waals surface area contributed by atoms with E-state index in [1.165, 1.54) is 0 Å². The van der Waals surface area contributed by atoms with E-state index in [1.54, 1.807) is 11.3 Å². The molecule has 0 aliphatic heterocycles. The van der Waals surface area contributed by atoms with Crippen molar-refractivity contribution < 1.29 is 4.79 Å². The number of fused-ring (bicyclic) bond motifs is 1. The SMILES string of the molecule is Cc1ccc2nc(-c3cccs3)cc(C(=O)NCCC(C)C)c2c1. The van der Waals surface area contributed by atoms with E-state index in [2.05, 4.69) is 19.2 Å². The van der Waals surface area contributed by atoms with Crippen LogP contribution in [0.3, 0.4) is 0 Å². The first-order chi connectivity index (χ1) is 11.5. The highest BCUT2D eigenvalue weighted by atomic mass is 32.1. The molecule has 0 aliphatic rings. The van der Waals surface area contributed by atoms with E-state index in [9.17, 15) is 4.79 Å². The molecule has 3 nitrogen and oxygen atoms in total. The quantitative estimate of drug-likeness (QED) is 0.707. The molecule has 1 N–H and O–H groups in total. The molecule has 0 unspecified atom stereocenters. The van der Waals surface area contributed by atoms with Gasteiger partial charge in [-0.1, -0.05) is 31.5 Å². The number of rotatable bonds is 5. The van der Waals surface area contributed by atoms with Crippen LogP contribution >= 0.6 is 11.3 Å². The van der Waals surface area contributed by atoms with Gasteiger partial charge in [-0.25, -0.2) is 4.98 Å². The van der Waals surface area contributed by atoms with Crippen molar-refractivity contribution in [3.8, 4) is 10.6 Å². The summed E-state index contributed by atoms with van der Waals surface area (Å²) in [4.78, 5) is 18.6. The van der Waals surface area contributed by atoms with Crippen LogP contribution in [-0.2, 0) is 0 Å². The fraction of sp³-hybridized carbons (Fsp3) is 0.300. The summed E-state index contributed by atoms with van der Waals surface area (Å²) < 4.78 is 0. The van der Waals surface area contributed by atoms with Gasteiger partial charge in [-0.05, 0) is 48.9 Å². The molecule has 0 fully saturated rings. The van der Waals surface area contributed by atoms with E-state index in [0.29, 0.717) is 18.0 Å². The molecule has 0 spiro atoms. The Balaban J connectivity index is 2.03. The minimum atomic E-state index is -0.0218. The van der Waals surface area contributed by atoms with Crippen LogP contribution < -0.4 is 5.32 Å². The fourth-order valence-corrected chi connectivity index (χ4v) is 3.33. The van der Waals surface area contributed by atoms with E-state index >= 15 is 0 Å². The van der Waals surface area contributed by atoms with E-state index < -0.39 is 0 Å². The Morgan fingerprint density at radius 3 is 2.79 bits per heavy atom. The average Bonchev–Trinajstić information content (AvgIpc) is 3.08. The number of hydrogen-bond donors (Lipinski definition) is 1. The summed E-state index contributed by atoms with van der Waals surface area (Å²) in [5.74, 6) is 0.551. The lowest BCUT2D eigenvalue weighted by Crippen LogP contribution is -2.25. The van der Waals surface area contributed by atoms with Gasteiger partial charge < -0.3 is 5.32 Å². The number of nitrogens with one attached hydrogen (secondary N) is 1. The van der Waals surface area contributed by atoms with Crippen LogP contribution in [0.25, 0.3) is 21.5 Å². The zero-order valence-electron chi connectivity index (χ0n) is 14.3.